The first-order valence-electron chi connectivity index (χ1n) is 11.0. The Morgan fingerprint density at radius 2 is 1.94 bits per heavy atom. The average molecular weight is 503 g/mol. The third-order valence-corrected chi connectivity index (χ3v) is 7.67. The summed E-state index contributed by atoms with van der Waals surface area (Å²) >= 11 is 9.11. The second-order valence-electron chi connectivity index (χ2n) is 8.47. The molecule has 0 N–H and O–H groups in total. The Hall–Kier alpha value is -2.35. The number of carbonyl (C=O) groups is 2. The summed E-state index contributed by atoms with van der Waals surface area (Å²) in [6.45, 7) is 5.67. The average Bonchev–Trinajstić information content (AvgIpc) is 3.49. The maximum Gasteiger partial charge on any atom is 0.264 e. The highest BCUT2D eigenvalue weighted by atomic mass is 35.5. The number of ether oxygens (including phenoxy) is 1. The van der Waals surface area contributed by atoms with Crippen LogP contribution in [-0.4, -0.2) is 47.9 Å². The minimum atomic E-state index is -0.194. The van der Waals surface area contributed by atoms with Gasteiger partial charge in [-0.1, -0.05) is 31.5 Å². The maximum atomic E-state index is 13.5. The van der Waals surface area contributed by atoms with Crippen molar-refractivity contribution in [3.05, 3.63) is 73.6 Å². The van der Waals surface area contributed by atoms with E-state index in [1.54, 1.807) is 28.4 Å². The fourth-order valence-electron chi connectivity index (χ4n) is 4.05. The van der Waals surface area contributed by atoms with E-state index in [-0.39, 0.29) is 30.3 Å². The van der Waals surface area contributed by atoms with E-state index in [0.717, 1.165) is 12.0 Å². The molecule has 2 aromatic heterocycles. The van der Waals surface area contributed by atoms with E-state index >= 15 is 0 Å². The van der Waals surface area contributed by atoms with Crippen molar-refractivity contribution >= 4 is 46.1 Å². The van der Waals surface area contributed by atoms with Crippen molar-refractivity contribution in [1.29, 1.82) is 0 Å². The minimum Gasteiger partial charge on any atom is -0.491 e. The summed E-state index contributed by atoms with van der Waals surface area (Å²) in [7, 11) is 0. The molecule has 0 radical (unpaired) electrons. The van der Waals surface area contributed by atoms with Crippen LogP contribution in [0, 0.1) is 5.92 Å². The van der Waals surface area contributed by atoms with Gasteiger partial charge in [-0.2, -0.15) is 0 Å². The molecule has 3 heterocycles. The number of nitrogens with zero attached hydrogens (tertiary/aromatic N) is 2. The molecule has 8 heteroatoms. The Labute approximate surface area is 207 Å². The lowest BCUT2D eigenvalue weighted by molar-refractivity contribution is -0.135. The molecule has 3 aromatic rings. The molecule has 0 bridgehead atoms. The molecule has 0 unspecified atom stereocenters. The molecule has 0 saturated heterocycles. The van der Waals surface area contributed by atoms with Gasteiger partial charge < -0.3 is 14.5 Å². The molecule has 2 amide bonds. The molecule has 4 rings (SSSR count). The highest BCUT2D eigenvalue weighted by Crippen LogP contribution is 2.34. The predicted molar refractivity (Wildman–Crippen MR) is 134 cm³/mol. The van der Waals surface area contributed by atoms with Crippen LogP contribution in [0.25, 0.3) is 0 Å². The molecule has 1 aliphatic heterocycles. The summed E-state index contributed by atoms with van der Waals surface area (Å²) in [5, 5.41) is 4.60. The van der Waals surface area contributed by atoms with Crippen LogP contribution in [0.15, 0.2) is 53.2 Å². The van der Waals surface area contributed by atoms with Gasteiger partial charge in [0, 0.05) is 23.0 Å². The SMILES string of the molecule is CC(C)CN(CC(=O)N1CCc2sccc2[C@@H]1COc1ccc(Cl)cc1)C(=O)c1cccs1. The number of benzene rings is 1. The second-order valence-corrected chi connectivity index (χ2v) is 10.9. The van der Waals surface area contributed by atoms with Crippen LogP contribution >= 0.6 is 34.3 Å². The third kappa shape index (κ3) is 5.78. The van der Waals surface area contributed by atoms with Gasteiger partial charge in [0.15, 0.2) is 0 Å². The Morgan fingerprint density at radius 1 is 1.15 bits per heavy atom. The normalized spacial score (nSPS) is 15.4. The fourth-order valence-corrected chi connectivity index (χ4v) is 5.80. The monoisotopic (exact) mass is 502 g/mol. The minimum absolute atomic E-state index is 0.0536. The number of amides is 2. The molecule has 5 nitrogen and oxygen atoms in total. The van der Waals surface area contributed by atoms with Crippen LogP contribution in [0.2, 0.25) is 5.02 Å². The highest BCUT2D eigenvalue weighted by molar-refractivity contribution is 7.12. The van der Waals surface area contributed by atoms with Gasteiger partial charge in [-0.25, -0.2) is 0 Å². The number of rotatable bonds is 8. The predicted octanol–water partition coefficient (Wildman–Crippen LogP) is 5.77. The number of fused-ring (bicyclic) bond motifs is 1. The number of carbonyl (C=O) groups excluding carboxylic acids is 2. The van der Waals surface area contributed by atoms with E-state index in [1.165, 1.54) is 16.2 Å². The van der Waals surface area contributed by atoms with Crippen molar-refractivity contribution < 1.29 is 14.3 Å². The smallest absolute Gasteiger partial charge is 0.264 e. The lowest BCUT2D eigenvalue weighted by Gasteiger charge is -2.37. The lowest BCUT2D eigenvalue weighted by atomic mass is 10.0. The van der Waals surface area contributed by atoms with Crippen LogP contribution in [0.4, 0.5) is 0 Å². The van der Waals surface area contributed by atoms with Crippen molar-refractivity contribution in [2.75, 3.05) is 26.2 Å². The van der Waals surface area contributed by atoms with Gasteiger partial charge in [0.25, 0.3) is 5.91 Å². The molecule has 0 saturated carbocycles. The second kappa shape index (κ2) is 10.7. The fraction of sp³-hybridized carbons (Fsp3) is 0.360. The topological polar surface area (TPSA) is 49.9 Å². The zero-order valence-electron chi connectivity index (χ0n) is 18.7. The largest absolute Gasteiger partial charge is 0.491 e. The van der Waals surface area contributed by atoms with E-state index in [0.29, 0.717) is 35.3 Å². The van der Waals surface area contributed by atoms with E-state index in [4.69, 9.17) is 16.3 Å². The zero-order chi connectivity index (χ0) is 23.4. The van der Waals surface area contributed by atoms with Gasteiger partial charge in [-0.05, 0) is 65.1 Å². The van der Waals surface area contributed by atoms with Gasteiger partial charge in [0.05, 0.1) is 10.9 Å². The summed E-state index contributed by atoms with van der Waals surface area (Å²) in [4.78, 5) is 32.1. The van der Waals surface area contributed by atoms with E-state index in [2.05, 4.69) is 25.3 Å². The Kier molecular flexibility index (Phi) is 7.73. The van der Waals surface area contributed by atoms with E-state index in [1.807, 2.05) is 34.5 Å². The summed E-state index contributed by atoms with van der Waals surface area (Å²) in [5.41, 5.74) is 1.13. The van der Waals surface area contributed by atoms with Gasteiger partial charge in [0.2, 0.25) is 5.91 Å². The van der Waals surface area contributed by atoms with Crippen LogP contribution < -0.4 is 4.74 Å². The van der Waals surface area contributed by atoms with Crippen LogP contribution in [-0.2, 0) is 11.2 Å². The van der Waals surface area contributed by atoms with E-state index < -0.39 is 0 Å². The molecular formula is C25H27ClN2O3S2. The highest BCUT2D eigenvalue weighted by Gasteiger charge is 2.33. The molecule has 1 aliphatic rings. The summed E-state index contributed by atoms with van der Waals surface area (Å²) in [6, 6.07) is 12.8. The molecule has 0 fully saturated rings. The molecule has 1 aromatic carbocycles. The molecule has 0 aliphatic carbocycles. The Morgan fingerprint density at radius 3 is 2.64 bits per heavy atom. The summed E-state index contributed by atoms with van der Waals surface area (Å²) in [6.07, 6.45) is 0.819. The first-order valence-corrected chi connectivity index (χ1v) is 13.1. The van der Waals surface area contributed by atoms with Gasteiger partial charge >= 0.3 is 0 Å². The molecular weight excluding hydrogens is 476 g/mol. The quantitative estimate of drug-likeness (QED) is 0.393. The standard InChI is InChI=1S/C25H27ClN2O3S2/c1-17(2)14-27(25(30)23-4-3-12-32-23)15-24(29)28-11-9-22-20(10-13-33-22)21(28)16-31-19-7-5-18(26)6-8-19/h3-8,10,12-13,17,21H,9,11,14-16H2,1-2H3/t21-/m0/s1. The number of hydrogen-bond acceptors (Lipinski definition) is 5. The van der Waals surface area contributed by atoms with Gasteiger partial charge in [0.1, 0.15) is 18.9 Å². The van der Waals surface area contributed by atoms with Crippen molar-refractivity contribution in [2.45, 2.75) is 26.3 Å². The maximum absolute atomic E-state index is 13.5. The Balaban J connectivity index is 1.52. The summed E-state index contributed by atoms with van der Waals surface area (Å²) in [5.74, 6) is 0.829. The molecule has 33 heavy (non-hydrogen) atoms. The van der Waals surface area contributed by atoms with Crippen molar-refractivity contribution in [2.24, 2.45) is 5.92 Å². The van der Waals surface area contributed by atoms with Gasteiger partial charge in [-0.15, -0.1) is 22.7 Å². The zero-order valence-corrected chi connectivity index (χ0v) is 21.1. The third-order valence-electron chi connectivity index (χ3n) is 5.57. The first kappa shape index (κ1) is 23.8. The van der Waals surface area contributed by atoms with Crippen LogP contribution in [0.3, 0.4) is 0 Å². The van der Waals surface area contributed by atoms with Crippen molar-refractivity contribution in [1.82, 2.24) is 9.80 Å². The van der Waals surface area contributed by atoms with Crippen LogP contribution in [0.1, 0.15) is 40.0 Å². The molecule has 0 spiro atoms. The van der Waals surface area contributed by atoms with E-state index in [9.17, 15) is 9.59 Å². The van der Waals surface area contributed by atoms with Crippen molar-refractivity contribution in [3.63, 3.8) is 0 Å². The molecule has 174 valence electrons. The summed E-state index contributed by atoms with van der Waals surface area (Å²) < 4.78 is 6.06. The lowest BCUT2D eigenvalue weighted by Crippen LogP contribution is -2.48. The Bertz CT molecular complexity index is 1080. The number of thiophene rings is 2. The number of halogens is 1. The van der Waals surface area contributed by atoms with Crippen LogP contribution in [0.5, 0.6) is 5.75 Å². The number of hydrogen-bond donors (Lipinski definition) is 0. The first-order chi connectivity index (χ1) is 15.9. The molecule has 1 atom stereocenters. The van der Waals surface area contributed by atoms with Gasteiger partial charge in [-0.3, -0.25) is 9.59 Å². The van der Waals surface area contributed by atoms with Crippen molar-refractivity contribution in [3.8, 4) is 5.75 Å².